The average molecular weight is 423 g/mol. The van der Waals surface area contributed by atoms with Crippen LogP contribution in [-0.2, 0) is 21.2 Å². The van der Waals surface area contributed by atoms with Crippen LogP contribution in [0.3, 0.4) is 0 Å². The van der Waals surface area contributed by atoms with Gasteiger partial charge in [-0.3, -0.25) is 4.79 Å². The minimum atomic E-state index is -3.59. The Hall–Kier alpha value is -1.93. The van der Waals surface area contributed by atoms with Crippen molar-refractivity contribution in [2.24, 2.45) is 0 Å². The van der Waals surface area contributed by atoms with E-state index in [1.165, 1.54) is 0 Å². The van der Waals surface area contributed by atoms with Crippen LogP contribution in [0.5, 0.6) is 0 Å². The van der Waals surface area contributed by atoms with E-state index in [1.54, 1.807) is 54.5 Å². The molecule has 0 saturated carbocycles. The Balaban J connectivity index is 1.81. The number of carbonyl (C=O) groups excluding carboxylic acids is 1. The monoisotopic (exact) mass is 422 g/mol. The fourth-order valence-electron chi connectivity index (χ4n) is 3.21. The summed E-state index contributed by atoms with van der Waals surface area (Å²) in [5, 5.41) is 0.573. The first kappa shape index (κ1) is 20.8. The highest BCUT2D eigenvalue weighted by Gasteiger charge is 2.25. The standard InChI is InChI=1S/C20H23ClN2O4S/c1-27-13-3-11-22-28(25,26)18-9-10-19-16(14-18)4-2-12-23(19)20(24)15-5-7-17(21)8-6-15/h5-10,14,22H,2-4,11-13H2,1H3. The molecule has 0 saturated heterocycles. The number of methoxy groups -OCH3 is 1. The van der Waals surface area contributed by atoms with Crippen LogP contribution in [-0.4, -0.2) is 41.1 Å². The zero-order chi connectivity index (χ0) is 20.1. The maximum absolute atomic E-state index is 12.9. The maximum Gasteiger partial charge on any atom is 0.258 e. The lowest BCUT2D eigenvalue weighted by Crippen LogP contribution is -2.35. The number of halogens is 1. The second kappa shape index (κ2) is 9.05. The predicted octanol–water partition coefficient (Wildman–Crippen LogP) is 3.25. The van der Waals surface area contributed by atoms with Crippen LogP contribution < -0.4 is 9.62 Å². The largest absolute Gasteiger partial charge is 0.385 e. The molecule has 1 N–H and O–H groups in total. The van der Waals surface area contributed by atoms with E-state index in [9.17, 15) is 13.2 Å². The Labute approximate surface area is 170 Å². The van der Waals surface area contributed by atoms with Gasteiger partial charge in [-0.05, 0) is 67.3 Å². The molecule has 2 aromatic carbocycles. The van der Waals surface area contributed by atoms with E-state index in [4.69, 9.17) is 16.3 Å². The molecule has 1 aliphatic heterocycles. The molecule has 0 radical (unpaired) electrons. The van der Waals surface area contributed by atoms with E-state index in [1.807, 2.05) is 0 Å². The van der Waals surface area contributed by atoms with Gasteiger partial charge in [0.15, 0.2) is 0 Å². The first-order valence-corrected chi connectivity index (χ1v) is 11.0. The van der Waals surface area contributed by atoms with Crippen molar-refractivity contribution >= 4 is 33.2 Å². The number of hydrogen-bond donors (Lipinski definition) is 1. The smallest absolute Gasteiger partial charge is 0.258 e. The molecule has 2 aromatic rings. The van der Waals surface area contributed by atoms with Crippen LogP contribution in [0, 0.1) is 0 Å². The number of hydrogen-bond acceptors (Lipinski definition) is 4. The molecule has 1 heterocycles. The second-order valence-corrected chi connectivity index (χ2v) is 8.81. The number of sulfonamides is 1. The van der Waals surface area contributed by atoms with Gasteiger partial charge in [0, 0.05) is 43.1 Å². The summed E-state index contributed by atoms with van der Waals surface area (Å²) in [4.78, 5) is 14.8. The van der Waals surface area contributed by atoms with E-state index in [2.05, 4.69) is 4.72 Å². The number of nitrogens with one attached hydrogen (secondary N) is 1. The summed E-state index contributed by atoms with van der Waals surface area (Å²) in [6.45, 7) is 1.40. The van der Waals surface area contributed by atoms with E-state index in [0.717, 1.165) is 24.1 Å². The summed E-state index contributed by atoms with van der Waals surface area (Å²) in [7, 11) is -2.01. The number of carbonyl (C=O) groups is 1. The van der Waals surface area contributed by atoms with Crippen molar-refractivity contribution in [1.29, 1.82) is 0 Å². The molecule has 3 rings (SSSR count). The van der Waals surface area contributed by atoms with Crippen LogP contribution in [0.15, 0.2) is 47.4 Å². The number of fused-ring (bicyclic) bond motifs is 1. The van der Waals surface area contributed by atoms with Crippen molar-refractivity contribution in [3.8, 4) is 0 Å². The van der Waals surface area contributed by atoms with Crippen molar-refractivity contribution in [2.45, 2.75) is 24.2 Å². The third kappa shape index (κ3) is 4.72. The Bertz CT molecular complexity index is 945. The molecule has 6 nitrogen and oxygen atoms in total. The minimum Gasteiger partial charge on any atom is -0.385 e. The molecule has 0 aliphatic carbocycles. The SMILES string of the molecule is COCCCNS(=O)(=O)c1ccc2c(c1)CCCN2C(=O)c1ccc(Cl)cc1. The lowest BCUT2D eigenvalue weighted by molar-refractivity contribution is 0.0985. The lowest BCUT2D eigenvalue weighted by Gasteiger charge is -2.30. The normalized spacial score (nSPS) is 14.0. The molecule has 0 fully saturated rings. The number of ether oxygens (including phenoxy) is 1. The van der Waals surface area contributed by atoms with Gasteiger partial charge < -0.3 is 9.64 Å². The lowest BCUT2D eigenvalue weighted by atomic mass is 10.0. The Morgan fingerprint density at radius 2 is 1.96 bits per heavy atom. The number of rotatable bonds is 7. The fourth-order valence-corrected chi connectivity index (χ4v) is 4.46. The van der Waals surface area contributed by atoms with E-state index in [0.29, 0.717) is 36.7 Å². The molecule has 28 heavy (non-hydrogen) atoms. The number of nitrogens with zero attached hydrogens (tertiary/aromatic N) is 1. The molecule has 1 amide bonds. The van der Waals surface area contributed by atoms with Gasteiger partial charge in [0.2, 0.25) is 10.0 Å². The van der Waals surface area contributed by atoms with Crippen LogP contribution >= 0.6 is 11.6 Å². The van der Waals surface area contributed by atoms with Gasteiger partial charge in [0.05, 0.1) is 4.90 Å². The van der Waals surface area contributed by atoms with Crippen molar-refractivity contribution in [3.05, 3.63) is 58.6 Å². The van der Waals surface area contributed by atoms with Crippen LogP contribution in [0.25, 0.3) is 0 Å². The van der Waals surface area contributed by atoms with Gasteiger partial charge in [0.25, 0.3) is 5.91 Å². The molecule has 1 aliphatic rings. The number of anilines is 1. The summed E-state index contributed by atoms with van der Waals surface area (Å²) >= 11 is 5.90. The first-order valence-electron chi connectivity index (χ1n) is 9.11. The van der Waals surface area contributed by atoms with Crippen molar-refractivity contribution in [1.82, 2.24) is 4.72 Å². The van der Waals surface area contributed by atoms with Gasteiger partial charge in [-0.15, -0.1) is 0 Å². The van der Waals surface area contributed by atoms with Gasteiger partial charge in [-0.2, -0.15) is 0 Å². The second-order valence-electron chi connectivity index (χ2n) is 6.60. The van der Waals surface area contributed by atoms with E-state index in [-0.39, 0.29) is 10.8 Å². The molecule has 150 valence electrons. The average Bonchev–Trinajstić information content (AvgIpc) is 2.70. The zero-order valence-corrected chi connectivity index (χ0v) is 17.2. The Morgan fingerprint density at radius 1 is 1.21 bits per heavy atom. The summed E-state index contributed by atoms with van der Waals surface area (Å²) in [5.41, 5.74) is 2.16. The summed E-state index contributed by atoms with van der Waals surface area (Å²) in [6.07, 6.45) is 2.11. The quantitative estimate of drug-likeness (QED) is 0.695. The Morgan fingerprint density at radius 3 is 2.68 bits per heavy atom. The summed E-state index contributed by atoms with van der Waals surface area (Å²) in [5.74, 6) is -0.120. The first-order chi connectivity index (χ1) is 13.4. The van der Waals surface area contributed by atoms with Gasteiger partial charge in [-0.1, -0.05) is 11.6 Å². The molecule has 0 atom stereocenters. The third-order valence-electron chi connectivity index (χ3n) is 4.63. The highest BCUT2D eigenvalue weighted by molar-refractivity contribution is 7.89. The molecule has 0 unspecified atom stereocenters. The van der Waals surface area contributed by atoms with Gasteiger partial charge in [-0.25, -0.2) is 13.1 Å². The van der Waals surface area contributed by atoms with Gasteiger partial charge in [0.1, 0.15) is 0 Å². The minimum absolute atomic E-state index is 0.120. The third-order valence-corrected chi connectivity index (χ3v) is 6.34. The molecular weight excluding hydrogens is 400 g/mol. The topological polar surface area (TPSA) is 75.7 Å². The highest BCUT2D eigenvalue weighted by atomic mass is 35.5. The van der Waals surface area contributed by atoms with Crippen molar-refractivity contribution < 1.29 is 17.9 Å². The van der Waals surface area contributed by atoms with Crippen LogP contribution in [0.4, 0.5) is 5.69 Å². The van der Waals surface area contributed by atoms with Crippen LogP contribution in [0.2, 0.25) is 5.02 Å². The fraction of sp³-hybridized carbons (Fsp3) is 0.350. The summed E-state index contributed by atoms with van der Waals surface area (Å²) < 4.78 is 32.5. The van der Waals surface area contributed by atoms with Crippen molar-refractivity contribution in [3.63, 3.8) is 0 Å². The highest BCUT2D eigenvalue weighted by Crippen LogP contribution is 2.30. The summed E-state index contributed by atoms with van der Waals surface area (Å²) in [6, 6.07) is 11.7. The predicted molar refractivity (Wildman–Crippen MR) is 110 cm³/mol. The molecule has 0 aromatic heterocycles. The number of amides is 1. The van der Waals surface area contributed by atoms with E-state index < -0.39 is 10.0 Å². The Kier molecular flexibility index (Phi) is 6.72. The van der Waals surface area contributed by atoms with Crippen molar-refractivity contribution in [2.75, 3.05) is 31.7 Å². The molecule has 8 heteroatoms. The molecular formula is C20H23ClN2O4S. The number of aryl methyl sites for hydroxylation is 1. The zero-order valence-electron chi connectivity index (χ0n) is 15.7. The molecule has 0 bridgehead atoms. The number of benzene rings is 2. The van der Waals surface area contributed by atoms with E-state index >= 15 is 0 Å². The van der Waals surface area contributed by atoms with Gasteiger partial charge >= 0.3 is 0 Å². The van der Waals surface area contributed by atoms with Crippen LogP contribution in [0.1, 0.15) is 28.8 Å². The maximum atomic E-state index is 12.9. The molecule has 0 spiro atoms.